The highest BCUT2D eigenvalue weighted by molar-refractivity contribution is 5.81. The van der Waals surface area contributed by atoms with Crippen molar-refractivity contribution in [2.24, 2.45) is 0 Å². The van der Waals surface area contributed by atoms with E-state index in [9.17, 15) is 0 Å². The van der Waals surface area contributed by atoms with E-state index in [1.165, 1.54) is 0 Å². The van der Waals surface area contributed by atoms with Crippen LogP contribution >= 0.6 is 0 Å². The monoisotopic (exact) mass is 279 g/mol. The molecule has 3 aromatic heterocycles. The third-order valence-electron chi connectivity index (χ3n) is 3.41. The van der Waals surface area contributed by atoms with E-state index < -0.39 is 0 Å². The summed E-state index contributed by atoms with van der Waals surface area (Å²) in [7, 11) is 0. The average Bonchev–Trinajstić information content (AvgIpc) is 3.12. The van der Waals surface area contributed by atoms with E-state index in [2.05, 4.69) is 10.1 Å². The van der Waals surface area contributed by atoms with Crippen LogP contribution in [0.5, 0.6) is 5.75 Å². The first-order valence-corrected chi connectivity index (χ1v) is 6.71. The normalized spacial score (nSPS) is 11.3. The molecule has 21 heavy (non-hydrogen) atoms. The van der Waals surface area contributed by atoms with Crippen LogP contribution in [0.25, 0.3) is 16.6 Å². The van der Waals surface area contributed by atoms with Gasteiger partial charge in [0.05, 0.1) is 11.8 Å². The molecule has 0 radical (unpaired) electrons. The highest BCUT2D eigenvalue weighted by Gasteiger charge is 2.14. The van der Waals surface area contributed by atoms with Crippen LogP contribution < -0.4 is 4.74 Å². The maximum absolute atomic E-state index is 5.84. The smallest absolute Gasteiger partial charge is 0.198 e. The highest BCUT2D eigenvalue weighted by atomic mass is 16.5. The summed E-state index contributed by atoms with van der Waals surface area (Å²) in [6, 6.07) is 11.7. The van der Waals surface area contributed by atoms with Gasteiger partial charge in [-0.1, -0.05) is 18.2 Å². The minimum atomic E-state index is 0.365. The van der Waals surface area contributed by atoms with Gasteiger partial charge in [0.2, 0.25) is 0 Å². The largest absolute Gasteiger partial charge is 0.480 e. The lowest BCUT2D eigenvalue weighted by atomic mass is 10.2. The van der Waals surface area contributed by atoms with Gasteiger partial charge in [0.15, 0.2) is 11.4 Å². The van der Waals surface area contributed by atoms with E-state index in [1.807, 2.05) is 54.0 Å². The van der Waals surface area contributed by atoms with Crippen molar-refractivity contribution in [3.63, 3.8) is 0 Å². The second kappa shape index (κ2) is 4.63. The van der Waals surface area contributed by atoms with Crippen molar-refractivity contribution in [3.05, 3.63) is 60.3 Å². The number of nitrogens with zero attached hydrogens (tertiary/aromatic N) is 3. The van der Waals surface area contributed by atoms with Crippen molar-refractivity contribution in [2.45, 2.75) is 13.5 Å². The first kappa shape index (κ1) is 12.0. The number of para-hydroxylation sites is 1. The molecule has 0 aliphatic rings. The summed E-state index contributed by atoms with van der Waals surface area (Å²) in [4.78, 5) is 4.47. The maximum Gasteiger partial charge on any atom is 0.198 e. The van der Waals surface area contributed by atoms with E-state index in [1.54, 1.807) is 6.26 Å². The molecule has 0 saturated carbocycles. The predicted octanol–water partition coefficient (Wildman–Crippen LogP) is 3.36. The van der Waals surface area contributed by atoms with Crippen molar-refractivity contribution in [2.75, 3.05) is 0 Å². The Bertz CT molecular complexity index is 910. The molecule has 0 amide bonds. The van der Waals surface area contributed by atoms with Crippen molar-refractivity contribution in [1.82, 2.24) is 14.6 Å². The molecule has 0 unspecified atom stereocenters. The fraction of sp³-hybridized carbons (Fsp3) is 0.125. The Kier molecular flexibility index (Phi) is 2.64. The molecule has 0 atom stereocenters. The maximum atomic E-state index is 5.84. The van der Waals surface area contributed by atoms with Crippen LogP contribution in [0, 0.1) is 6.92 Å². The van der Waals surface area contributed by atoms with Crippen molar-refractivity contribution >= 4 is 16.6 Å². The number of hydrogen-bond acceptors (Lipinski definition) is 4. The quantitative estimate of drug-likeness (QED) is 0.577. The summed E-state index contributed by atoms with van der Waals surface area (Å²) in [5, 5.41) is 5.59. The van der Waals surface area contributed by atoms with Gasteiger partial charge in [0.1, 0.15) is 18.1 Å². The molecular formula is C16H13N3O2. The summed E-state index contributed by atoms with van der Waals surface area (Å²) < 4.78 is 12.9. The molecule has 4 rings (SSSR count). The van der Waals surface area contributed by atoms with Crippen LogP contribution in [0.15, 0.2) is 53.3 Å². The number of benzene rings is 1. The van der Waals surface area contributed by atoms with Gasteiger partial charge in [0.25, 0.3) is 0 Å². The van der Waals surface area contributed by atoms with Gasteiger partial charge in [0, 0.05) is 11.6 Å². The Balaban J connectivity index is 1.81. The third-order valence-corrected chi connectivity index (χ3v) is 3.41. The van der Waals surface area contributed by atoms with Crippen molar-refractivity contribution in [1.29, 1.82) is 0 Å². The minimum Gasteiger partial charge on any atom is -0.480 e. The van der Waals surface area contributed by atoms with Gasteiger partial charge in [-0.25, -0.2) is 9.50 Å². The number of furan rings is 1. The number of hydrogen-bond donors (Lipinski definition) is 0. The fourth-order valence-electron chi connectivity index (χ4n) is 2.41. The standard InChI is InChI=1S/C16H13N3O2/c1-11-15(21-10-13-6-4-8-20-13)16-17-9-12-5-2-3-7-14(12)19(16)18-11/h2-9H,10H2,1H3. The molecule has 0 saturated heterocycles. The lowest BCUT2D eigenvalue weighted by Gasteiger charge is -2.03. The first-order chi connectivity index (χ1) is 10.3. The Morgan fingerprint density at radius 2 is 2.10 bits per heavy atom. The summed E-state index contributed by atoms with van der Waals surface area (Å²) in [6.07, 6.45) is 3.47. The van der Waals surface area contributed by atoms with Crippen molar-refractivity contribution < 1.29 is 9.15 Å². The number of aryl methyl sites for hydroxylation is 1. The molecule has 3 heterocycles. The molecule has 0 spiro atoms. The first-order valence-electron chi connectivity index (χ1n) is 6.71. The molecule has 4 aromatic rings. The lowest BCUT2D eigenvalue weighted by molar-refractivity contribution is 0.271. The average molecular weight is 279 g/mol. The topological polar surface area (TPSA) is 52.6 Å². The number of rotatable bonds is 3. The molecule has 1 aromatic carbocycles. The number of fused-ring (bicyclic) bond motifs is 3. The molecule has 0 N–H and O–H groups in total. The van der Waals surface area contributed by atoms with Crippen molar-refractivity contribution in [3.8, 4) is 5.75 Å². The van der Waals surface area contributed by atoms with E-state index >= 15 is 0 Å². The van der Waals surface area contributed by atoms with Crippen LogP contribution in [-0.4, -0.2) is 14.6 Å². The molecular weight excluding hydrogens is 266 g/mol. The number of ether oxygens (including phenoxy) is 1. The number of aromatic nitrogens is 3. The van der Waals surface area contributed by atoms with Crippen LogP contribution in [0.3, 0.4) is 0 Å². The zero-order valence-corrected chi connectivity index (χ0v) is 11.5. The third kappa shape index (κ3) is 1.94. The summed E-state index contributed by atoms with van der Waals surface area (Å²) in [6.45, 7) is 2.28. The minimum absolute atomic E-state index is 0.365. The van der Waals surface area contributed by atoms with Crippen LogP contribution in [0.4, 0.5) is 0 Å². The fourth-order valence-corrected chi connectivity index (χ4v) is 2.41. The van der Waals surface area contributed by atoms with Crippen LogP contribution in [0.1, 0.15) is 11.5 Å². The Morgan fingerprint density at radius 1 is 1.19 bits per heavy atom. The Morgan fingerprint density at radius 3 is 2.95 bits per heavy atom. The zero-order valence-electron chi connectivity index (χ0n) is 11.5. The van der Waals surface area contributed by atoms with Gasteiger partial charge in [-0.2, -0.15) is 5.10 Å². The molecule has 0 fully saturated rings. The molecule has 104 valence electrons. The highest BCUT2D eigenvalue weighted by Crippen LogP contribution is 2.26. The Hall–Kier alpha value is -2.82. The van der Waals surface area contributed by atoms with Gasteiger partial charge in [-0.05, 0) is 25.1 Å². The van der Waals surface area contributed by atoms with E-state index in [0.717, 1.165) is 28.0 Å². The summed E-state index contributed by atoms with van der Waals surface area (Å²) in [5.41, 5.74) is 2.54. The van der Waals surface area contributed by atoms with E-state index in [0.29, 0.717) is 12.4 Å². The van der Waals surface area contributed by atoms with Gasteiger partial charge in [-0.3, -0.25) is 0 Å². The van der Waals surface area contributed by atoms with Gasteiger partial charge < -0.3 is 9.15 Å². The van der Waals surface area contributed by atoms with E-state index in [-0.39, 0.29) is 0 Å². The summed E-state index contributed by atoms with van der Waals surface area (Å²) >= 11 is 0. The predicted molar refractivity (Wildman–Crippen MR) is 78.3 cm³/mol. The SMILES string of the molecule is Cc1nn2c(ncc3ccccc32)c1OCc1ccco1. The van der Waals surface area contributed by atoms with Gasteiger partial charge in [-0.15, -0.1) is 0 Å². The lowest BCUT2D eigenvalue weighted by Crippen LogP contribution is -1.96. The second-order valence-electron chi connectivity index (χ2n) is 4.83. The molecule has 0 aliphatic heterocycles. The Labute approximate surface area is 120 Å². The zero-order chi connectivity index (χ0) is 14.2. The van der Waals surface area contributed by atoms with E-state index in [4.69, 9.17) is 9.15 Å². The van der Waals surface area contributed by atoms with Crippen LogP contribution in [-0.2, 0) is 6.61 Å². The molecule has 5 nitrogen and oxygen atoms in total. The van der Waals surface area contributed by atoms with Gasteiger partial charge >= 0.3 is 0 Å². The molecule has 5 heteroatoms. The molecule has 0 bridgehead atoms. The second-order valence-corrected chi connectivity index (χ2v) is 4.83. The van der Waals surface area contributed by atoms with Crippen LogP contribution in [0.2, 0.25) is 0 Å². The summed E-state index contributed by atoms with van der Waals surface area (Å²) in [5.74, 6) is 1.46. The molecule has 0 aliphatic carbocycles.